The Morgan fingerprint density at radius 1 is 1.34 bits per heavy atom. The number of nitriles is 1. The number of hydrogen-bond acceptors (Lipinski definition) is 5. The van der Waals surface area contributed by atoms with Gasteiger partial charge in [0, 0.05) is 30.5 Å². The Kier molecular flexibility index (Phi) is 7.76. The summed E-state index contributed by atoms with van der Waals surface area (Å²) in [7, 11) is 0. The van der Waals surface area contributed by atoms with Crippen LogP contribution in [0.2, 0.25) is 0 Å². The van der Waals surface area contributed by atoms with Crippen molar-refractivity contribution in [2.24, 2.45) is 0 Å². The van der Waals surface area contributed by atoms with Gasteiger partial charge in [0.25, 0.3) is 5.91 Å². The SMILES string of the molecule is C=CCOc1ccc(-c2nn(-c3ccccc3)cc2/C=C(\C#N)C(=O)NC[C@@H]2CCCO2)c(C)c1. The number of amides is 1. The lowest BCUT2D eigenvalue weighted by Crippen LogP contribution is -2.32. The molecule has 4 rings (SSSR count). The second-order valence-electron chi connectivity index (χ2n) is 8.30. The molecule has 0 spiro atoms. The third kappa shape index (κ3) is 5.86. The van der Waals surface area contributed by atoms with E-state index in [0.717, 1.165) is 35.4 Å². The van der Waals surface area contributed by atoms with E-state index in [1.54, 1.807) is 16.8 Å². The molecule has 0 saturated carbocycles. The van der Waals surface area contributed by atoms with E-state index in [-0.39, 0.29) is 11.7 Å². The Hall–Kier alpha value is -4.15. The first-order chi connectivity index (χ1) is 17.1. The zero-order chi connectivity index (χ0) is 24.6. The molecule has 1 atom stereocenters. The molecule has 1 fully saturated rings. The number of nitrogens with zero attached hydrogens (tertiary/aromatic N) is 3. The minimum Gasteiger partial charge on any atom is -0.490 e. The fraction of sp³-hybridized carbons (Fsp3) is 0.250. The summed E-state index contributed by atoms with van der Waals surface area (Å²) in [6.45, 7) is 7.17. The van der Waals surface area contributed by atoms with Crippen LogP contribution < -0.4 is 10.1 Å². The summed E-state index contributed by atoms with van der Waals surface area (Å²) in [6, 6.07) is 17.5. The molecule has 7 heteroatoms. The molecule has 3 aromatic rings. The van der Waals surface area contributed by atoms with E-state index in [4.69, 9.17) is 14.6 Å². The van der Waals surface area contributed by atoms with Crippen LogP contribution in [-0.4, -0.2) is 41.6 Å². The van der Waals surface area contributed by atoms with Crippen LogP contribution in [0, 0.1) is 18.3 Å². The van der Waals surface area contributed by atoms with Crippen molar-refractivity contribution in [2.45, 2.75) is 25.9 Å². The largest absolute Gasteiger partial charge is 0.490 e. The van der Waals surface area contributed by atoms with Crippen LogP contribution in [0.1, 0.15) is 24.0 Å². The molecular weight excluding hydrogens is 440 g/mol. The fourth-order valence-corrected chi connectivity index (χ4v) is 3.97. The maximum Gasteiger partial charge on any atom is 0.262 e. The predicted octanol–water partition coefficient (Wildman–Crippen LogP) is 4.61. The lowest BCUT2D eigenvalue weighted by atomic mass is 10.0. The summed E-state index contributed by atoms with van der Waals surface area (Å²) in [4.78, 5) is 12.8. The molecule has 1 amide bonds. The molecule has 0 unspecified atom stereocenters. The van der Waals surface area contributed by atoms with Gasteiger partial charge in [-0.05, 0) is 61.7 Å². The number of nitrogens with one attached hydrogen (secondary N) is 1. The second-order valence-corrected chi connectivity index (χ2v) is 8.30. The summed E-state index contributed by atoms with van der Waals surface area (Å²) >= 11 is 0. The van der Waals surface area contributed by atoms with E-state index < -0.39 is 5.91 Å². The molecule has 178 valence electrons. The molecular formula is C28H28N4O3. The maximum absolute atomic E-state index is 12.8. The molecule has 1 aliphatic heterocycles. The Balaban J connectivity index is 1.69. The van der Waals surface area contributed by atoms with Crippen molar-refractivity contribution in [1.82, 2.24) is 15.1 Å². The molecule has 0 aliphatic carbocycles. The zero-order valence-electron chi connectivity index (χ0n) is 19.7. The third-order valence-corrected chi connectivity index (χ3v) is 5.76. The smallest absolute Gasteiger partial charge is 0.262 e. The first-order valence-corrected chi connectivity index (χ1v) is 11.6. The van der Waals surface area contributed by atoms with Crippen LogP contribution in [0.15, 0.2) is 73.0 Å². The lowest BCUT2D eigenvalue weighted by molar-refractivity contribution is -0.117. The Labute approximate surface area is 205 Å². The second kappa shape index (κ2) is 11.3. The molecule has 1 aliphatic rings. The first-order valence-electron chi connectivity index (χ1n) is 11.6. The van der Waals surface area contributed by atoms with Crippen LogP contribution in [0.4, 0.5) is 0 Å². The summed E-state index contributed by atoms with van der Waals surface area (Å²) in [5, 5.41) is 17.4. The van der Waals surface area contributed by atoms with E-state index >= 15 is 0 Å². The van der Waals surface area contributed by atoms with E-state index in [1.807, 2.05) is 67.7 Å². The topological polar surface area (TPSA) is 89.2 Å². The van der Waals surface area contributed by atoms with Crippen LogP contribution in [0.5, 0.6) is 5.75 Å². The highest BCUT2D eigenvalue weighted by Crippen LogP contribution is 2.30. The number of aromatic nitrogens is 2. The number of carbonyl (C=O) groups is 1. The van der Waals surface area contributed by atoms with Crippen molar-refractivity contribution in [2.75, 3.05) is 19.8 Å². The standard InChI is InChI=1S/C28H28N4O3/c1-3-13-34-24-11-12-26(20(2)15-24)27-22(19-32(31-27)23-8-5-4-6-9-23)16-21(17-29)28(33)30-18-25-10-7-14-35-25/h3-6,8-9,11-12,15-16,19,25H,1,7,10,13-14,18H2,2H3,(H,30,33)/b21-16+/t25-/m0/s1. The highest BCUT2D eigenvalue weighted by atomic mass is 16.5. The van der Waals surface area contributed by atoms with Crippen molar-refractivity contribution in [3.63, 3.8) is 0 Å². The van der Waals surface area contributed by atoms with E-state index in [2.05, 4.69) is 11.9 Å². The van der Waals surface area contributed by atoms with Crippen molar-refractivity contribution in [3.05, 3.63) is 84.1 Å². The van der Waals surface area contributed by atoms with Gasteiger partial charge in [-0.25, -0.2) is 4.68 Å². The molecule has 0 bridgehead atoms. The van der Waals surface area contributed by atoms with Gasteiger partial charge in [0.1, 0.15) is 29.7 Å². The van der Waals surface area contributed by atoms with Crippen LogP contribution in [-0.2, 0) is 9.53 Å². The molecule has 0 radical (unpaired) electrons. The molecule has 35 heavy (non-hydrogen) atoms. The van der Waals surface area contributed by atoms with Gasteiger partial charge in [0.05, 0.1) is 11.8 Å². The molecule has 2 heterocycles. The average Bonchev–Trinajstić information content (AvgIpc) is 3.55. The van der Waals surface area contributed by atoms with Gasteiger partial charge >= 0.3 is 0 Å². The number of ether oxygens (including phenoxy) is 2. The Morgan fingerprint density at radius 3 is 2.86 bits per heavy atom. The summed E-state index contributed by atoms with van der Waals surface area (Å²) in [5.41, 5.74) is 4.07. The van der Waals surface area contributed by atoms with Gasteiger partial charge in [-0.15, -0.1) is 0 Å². The number of aryl methyl sites for hydroxylation is 1. The quantitative estimate of drug-likeness (QED) is 0.281. The normalized spacial score (nSPS) is 15.4. The molecule has 7 nitrogen and oxygen atoms in total. The average molecular weight is 469 g/mol. The van der Waals surface area contributed by atoms with Crippen LogP contribution in [0.3, 0.4) is 0 Å². The van der Waals surface area contributed by atoms with Gasteiger partial charge in [-0.3, -0.25) is 4.79 Å². The van der Waals surface area contributed by atoms with E-state index in [0.29, 0.717) is 31.0 Å². The summed E-state index contributed by atoms with van der Waals surface area (Å²) < 4.78 is 13.0. The predicted molar refractivity (Wildman–Crippen MR) is 135 cm³/mol. The zero-order valence-corrected chi connectivity index (χ0v) is 19.7. The van der Waals surface area contributed by atoms with Crippen molar-refractivity contribution >= 4 is 12.0 Å². The summed E-state index contributed by atoms with van der Waals surface area (Å²) in [5.74, 6) is 0.309. The highest BCUT2D eigenvalue weighted by molar-refractivity contribution is 6.02. The minimum absolute atomic E-state index is 0.000225. The van der Waals surface area contributed by atoms with Gasteiger partial charge in [-0.2, -0.15) is 10.4 Å². The molecule has 1 N–H and O–H groups in total. The van der Waals surface area contributed by atoms with E-state index in [1.165, 1.54) is 0 Å². The fourth-order valence-electron chi connectivity index (χ4n) is 3.97. The minimum atomic E-state index is -0.425. The monoisotopic (exact) mass is 468 g/mol. The molecule has 2 aromatic carbocycles. The maximum atomic E-state index is 12.8. The van der Waals surface area contributed by atoms with E-state index in [9.17, 15) is 10.1 Å². The molecule has 1 aromatic heterocycles. The molecule has 1 saturated heterocycles. The van der Waals surface area contributed by atoms with Crippen molar-refractivity contribution in [1.29, 1.82) is 5.26 Å². The van der Waals surface area contributed by atoms with Gasteiger partial charge in [0.15, 0.2) is 0 Å². The number of benzene rings is 2. The Bertz CT molecular complexity index is 1270. The number of carbonyl (C=O) groups excluding carboxylic acids is 1. The van der Waals surface area contributed by atoms with Gasteiger partial charge < -0.3 is 14.8 Å². The number of hydrogen-bond donors (Lipinski definition) is 1. The summed E-state index contributed by atoms with van der Waals surface area (Å²) in [6.07, 6.45) is 7.01. The van der Waals surface area contributed by atoms with Crippen molar-refractivity contribution < 1.29 is 14.3 Å². The van der Waals surface area contributed by atoms with Gasteiger partial charge in [-0.1, -0.05) is 30.9 Å². The van der Waals surface area contributed by atoms with Crippen LogP contribution >= 0.6 is 0 Å². The number of rotatable bonds is 9. The highest BCUT2D eigenvalue weighted by Gasteiger charge is 2.19. The first kappa shape index (κ1) is 24.0. The van der Waals surface area contributed by atoms with Crippen LogP contribution in [0.25, 0.3) is 23.0 Å². The third-order valence-electron chi connectivity index (χ3n) is 5.76. The lowest BCUT2D eigenvalue weighted by Gasteiger charge is -2.10. The van der Waals surface area contributed by atoms with Gasteiger partial charge in [0.2, 0.25) is 0 Å². The number of para-hydroxylation sites is 1. The van der Waals surface area contributed by atoms with Crippen molar-refractivity contribution in [3.8, 4) is 28.8 Å². The Morgan fingerprint density at radius 2 is 2.17 bits per heavy atom.